The van der Waals surface area contributed by atoms with E-state index in [1.807, 2.05) is 19.1 Å². The molecular weight excluding hydrogens is 527 g/mol. The molecule has 3 aliphatic rings. The summed E-state index contributed by atoms with van der Waals surface area (Å²) in [5.41, 5.74) is 2.24. The number of rotatable bonds is 5. The summed E-state index contributed by atoms with van der Waals surface area (Å²) in [6.07, 6.45) is 9.35. The second kappa shape index (κ2) is 10.6. The van der Waals surface area contributed by atoms with Gasteiger partial charge in [-0.1, -0.05) is 31.7 Å². The van der Waals surface area contributed by atoms with E-state index in [4.69, 9.17) is 37.4 Å². The predicted octanol–water partition coefficient (Wildman–Crippen LogP) is 6.98. The Balaban J connectivity index is 1.70. The molecule has 0 radical (unpaired) electrons. The maximum Gasteiger partial charge on any atom is 0.326 e. The zero-order chi connectivity index (χ0) is 27.1. The van der Waals surface area contributed by atoms with Crippen molar-refractivity contribution in [3.05, 3.63) is 46.5 Å². The number of carbonyl (C=O) groups excluding carboxylic acids is 2. The van der Waals surface area contributed by atoms with Crippen LogP contribution in [0.15, 0.2) is 24.3 Å². The quantitative estimate of drug-likeness (QED) is 0.241. The number of aromatic hydroxyl groups is 1. The number of phenols is 1. The van der Waals surface area contributed by atoms with Crippen LogP contribution < -0.4 is 14.2 Å². The Morgan fingerprint density at radius 2 is 1.45 bits per heavy atom. The molecule has 6 nitrogen and oxygen atoms in total. The zero-order valence-electron chi connectivity index (χ0n) is 21.9. The first kappa shape index (κ1) is 27.1. The highest BCUT2D eigenvalue weighted by molar-refractivity contribution is 6.26. The van der Waals surface area contributed by atoms with Gasteiger partial charge in [0.15, 0.2) is 0 Å². The molecule has 5 rings (SSSR count). The monoisotopic (exact) mass is 560 g/mol. The second-order valence-electron chi connectivity index (χ2n) is 10.9. The molecular formula is C30H34Cl2O6. The molecule has 2 aromatic rings. The van der Waals surface area contributed by atoms with E-state index < -0.39 is 17.5 Å². The van der Waals surface area contributed by atoms with Crippen LogP contribution >= 0.6 is 23.2 Å². The minimum absolute atomic E-state index is 0.0774. The van der Waals surface area contributed by atoms with Crippen LogP contribution in [0.5, 0.6) is 23.0 Å². The fourth-order valence-electron chi connectivity index (χ4n) is 7.28. The van der Waals surface area contributed by atoms with Gasteiger partial charge in [0.25, 0.3) is 0 Å². The molecule has 1 aliphatic heterocycles. The van der Waals surface area contributed by atoms with Crippen molar-refractivity contribution in [2.75, 3.05) is 11.8 Å². The molecule has 0 saturated heterocycles. The van der Waals surface area contributed by atoms with Crippen molar-refractivity contribution in [1.82, 2.24) is 0 Å². The number of benzene rings is 2. The fourth-order valence-corrected chi connectivity index (χ4v) is 7.39. The van der Waals surface area contributed by atoms with Gasteiger partial charge in [-0.3, -0.25) is 9.59 Å². The molecule has 2 aromatic carbocycles. The standard InChI is InChI=1S/C30H34Cl2O6/c1-18-22(36-25(33)16-31)11-9-20(27(18)35)30-15-7-4-8-24(30)29(13-5-3-6-14-29)21-10-12-23(37-26(34)17-32)19(2)28(21)38-30/h9-12,24,35H,3-8,13-17H2,1-2H3/t24-,30-/m1/s1. The van der Waals surface area contributed by atoms with E-state index in [2.05, 4.69) is 6.07 Å². The third-order valence-electron chi connectivity index (χ3n) is 8.95. The third kappa shape index (κ3) is 4.34. The summed E-state index contributed by atoms with van der Waals surface area (Å²) in [6, 6.07) is 7.51. The van der Waals surface area contributed by atoms with E-state index in [-0.39, 0.29) is 34.6 Å². The molecule has 0 amide bonds. The molecule has 8 heteroatoms. The van der Waals surface area contributed by atoms with Crippen molar-refractivity contribution in [2.45, 2.75) is 82.7 Å². The van der Waals surface area contributed by atoms with Crippen LogP contribution in [0.1, 0.15) is 80.0 Å². The zero-order valence-corrected chi connectivity index (χ0v) is 23.4. The lowest BCUT2D eigenvalue weighted by molar-refractivity contribution is -0.132. The van der Waals surface area contributed by atoms with Crippen LogP contribution in [-0.2, 0) is 20.6 Å². The molecule has 0 bridgehead atoms. The van der Waals surface area contributed by atoms with Gasteiger partial charge < -0.3 is 19.3 Å². The Labute approximate surface area is 233 Å². The van der Waals surface area contributed by atoms with E-state index in [0.717, 1.165) is 62.7 Å². The maximum atomic E-state index is 12.0. The van der Waals surface area contributed by atoms with E-state index in [1.165, 1.54) is 12.0 Å². The Bertz CT molecular complexity index is 1250. The van der Waals surface area contributed by atoms with Gasteiger partial charge in [-0.2, -0.15) is 0 Å². The van der Waals surface area contributed by atoms with Gasteiger partial charge in [-0.15, -0.1) is 23.2 Å². The Hall–Kier alpha value is -2.44. The second-order valence-corrected chi connectivity index (χ2v) is 11.4. The average molecular weight is 562 g/mol. The minimum Gasteiger partial charge on any atom is -0.507 e. The predicted molar refractivity (Wildman–Crippen MR) is 146 cm³/mol. The van der Waals surface area contributed by atoms with Gasteiger partial charge in [0.2, 0.25) is 0 Å². The molecule has 1 N–H and O–H groups in total. The topological polar surface area (TPSA) is 82.1 Å². The van der Waals surface area contributed by atoms with Crippen LogP contribution in [0, 0.1) is 19.8 Å². The van der Waals surface area contributed by atoms with Gasteiger partial charge in [0, 0.05) is 33.6 Å². The Morgan fingerprint density at radius 1 is 0.868 bits per heavy atom. The molecule has 1 spiro atoms. The summed E-state index contributed by atoms with van der Waals surface area (Å²) < 4.78 is 18.0. The van der Waals surface area contributed by atoms with Crippen molar-refractivity contribution in [3.63, 3.8) is 0 Å². The fraction of sp³-hybridized carbons (Fsp3) is 0.533. The van der Waals surface area contributed by atoms with Crippen molar-refractivity contribution in [2.24, 2.45) is 5.92 Å². The Morgan fingerprint density at radius 3 is 2.08 bits per heavy atom. The summed E-state index contributed by atoms with van der Waals surface area (Å²) >= 11 is 11.4. The van der Waals surface area contributed by atoms with Gasteiger partial charge in [0.1, 0.15) is 40.4 Å². The summed E-state index contributed by atoms with van der Waals surface area (Å²) in [6.45, 7) is 3.66. The highest BCUT2D eigenvalue weighted by Crippen LogP contribution is 2.65. The lowest BCUT2D eigenvalue weighted by atomic mass is 9.51. The van der Waals surface area contributed by atoms with Gasteiger partial charge >= 0.3 is 11.9 Å². The van der Waals surface area contributed by atoms with Crippen molar-refractivity contribution in [1.29, 1.82) is 0 Å². The molecule has 2 atom stereocenters. The van der Waals surface area contributed by atoms with Crippen molar-refractivity contribution in [3.8, 4) is 23.0 Å². The highest BCUT2D eigenvalue weighted by Gasteiger charge is 2.60. The number of esters is 2. The third-order valence-corrected chi connectivity index (χ3v) is 9.38. The Kier molecular flexibility index (Phi) is 7.58. The molecule has 2 saturated carbocycles. The molecule has 2 fully saturated rings. The van der Waals surface area contributed by atoms with Crippen LogP contribution in [-0.4, -0.2) is 28.8 Å². The van der Waals surface area contributed by atoms with E-state index in [9.17, 15) is 14.7 Å². The summed E-state index contributed by atoms with van der Waals surface area (Å²) in [7, 11) is 0. The number of carbonyl (C=O) groups is 2. The molecule has 0 unspecified atom stereocenters. The first-order chi connectivity index (χ1) is 18.3. The molecule has 1 heterocycles. The summed E-state index contributed by atoms with van der Waals surface area (Å²) in [5, 5.41) is 11.6. The highest BCUT2D eigenvalue weighted by atomic mass is 35.5. The number of hydrogen-bond acceptors (Lipinski definition) is 6. The molecule has 2 aliphatic carbocycles. The van der Waals surface area contributed by atoms with Gasteiger partial charge in [-0.25, -0.2) is 0 Å². The first-order valence-corrected chi connectivity index (χ1v) is 14.5. The lowest BCUT2D eigenvalue weighted by Crippen LogP contribution is -2.57. The van der Waals surface area contributed by atoms with Gasteiger partial charge in [0.05, 0.1) is 0 Å². The molecule has 38 heavy (non-hydrogen) atoms. The van der Waals surface area contributed by atoms with E-state index >= 15 is 0 Å². The van der Waals surface area contributed by atoms with E-state index in [1.54, 1.807) is 13.0 Å². The van der Waals surface area contributed by atoms with Crippen LogP contribution in [0.3, 0.4) is 0 Å². The smallest absolute Gasteiger partial charge is 0.326 e. The SMILES string of the molecule is Cc1c(OC(=O)CCl)ccc([C@]23CCCC[C@@H]2C2(CCCCC2)c2ccc(OC(=O)CCl)c(C)c2O3)c1O. The number of alkyl halides is 2. The van der Waals surface area contributed by atoms with E-state index in [0.29, 0.717) is 16.9 Å². The van der Waals surface area contributed by atoms with Crippen molar-refractivity contribution < 1.29 is 28.9 Å². The molecule has 204 valence electrons. The number of halogens is 2. The summed E-state index contributed by atoms with van der Waals surface area (Å²) in [4.78, 5) is 23.9. The minimum atomic E-state index is -0.771. The number of phenolic OH excluding ortho intramolecular Hbond substituents is 1. The number of hydrogen-bond donors (Lipinski definition) is 1. The number of fused-ring (bicyclic) bond motifs is 4. The average Bonchev–Trinajstić information content (AvgIpc) is 2.93. The van der Waals surface area contributed by atoms with Crippen LogP contribution in [0.25, 0.3) is 0 Å². The molecule has 0 aromatic heterocycles. The maximum absolute atomic E-state index is 12.0. The lowest BCUT2D eigenvalue weighted by Gasteiger charge is -2.59. The van der Waals surface area contributed by atoms with Crippen LogP contribution in [0.2, 0.25) is 0 Å². The van der Waals surface area contributed by atoms with Crippen molar-refractivity contribution >= 4 is 35.1 Å². The summed E-state index contributed by atoms with van der Waals surface area (Å²) in [5.74, 6) is 0.104. The normalized spacial score (nSPS) is 23.6. The first-order valence-electron chi connectivity index (χ1n) is 13.5. The van der Waals surface area contributed by atoms with Gasteiger partial charge in [-0.05, 0) is 64.2 Å². The number of ether oxygens (including phenoxy) is 3. The van der Waals surface area contributed by atoms with Crippen LogP contribution in [0.4, 0.5) is 0 Å². The largest absolute Gasteiger partial charge is 0.507 e.